The summed E-state index contributed by atoms with van der Waals surface area (Å²) >= 11 is 0. The van der Waals surface area contributed by atoms with Gasteiger partial charge >= 0.3 is 13.8 Å². The first-order valence-corrected chi connectivity index (χ1v) is 11.8. The summed E-state index contributed by atoms with van der Waals surface area (Å²) in [5.74, 6) is -6.06. The zero-order valence-corrected chi connectivity index (χ0v) is 19.7. The minimum Gasteiger partial charge on any atom is -0.480 e. The van der Waals surface area contributed by atoms with E-state index in [1.54, 1.807) is 30.3 Å². The van der Waals surface area contributed by atoms with E-state index in [9.17, 15) is 33.6 Å². The summed E-state index contributed by atoms with van der Waals surface area (Å²) < 4.78 is 15.3. The highest BCUT2D eigenvalue weighted by atomic mass is 31.2. The molecule has 0 spiro atoms. The Balaban J connectivity index is 2.92. The Morgan fingerprint density at radius 2 is 1.44 bits per heavy atom. The molecule has 0 saturated heterocycles. The molecule has 4 amide bonds. The maximum Gasteiger partial charge on any atom is 0.469 e. The molecule has 0 bridgehead atoms. The molecule has 11 N–H and O–H groups in total. The molecular formula is C19H28N5O11P. The van der Waals surface area contributed by atoms with Crippen molar-refractivity contribution in [3.63, 3.8) is 0 Å². The van der Waals surface area contributed by atoms with E-state index in [1.165, 1.54) is 0 Å². The van der Waals surface area contributed by atoms with Gasteiger partial charge in [-0.3, -0.25) is 23.7 Å². The topological polar surface area (TPSA) is 281 Å². The number of aliphatic carboxylic acids is 1. The molecule has 1 rings (SSSR count). The highest BCUT2D eigenvalue weighted by molar-refractivity contribution is 7.46. The van der Waals surface area contributed by atoms with Crippen LogP contribution in [0.2, 0.25) is 0 Å². The lowest BCUT2D eigenvalue weighted by Gasteiger charge is -2.24. The summed E-state index contributed by atoms with van der Waals surface area (Å²) in [6, 6.07) is 2.16. The molecule has 1 aromatic rings. The molecular weight excluding hydrogens is 505 g/mol. The van der Waals surface area contributed by atoms with Crippen molar-refractivity contribution in [2.24, 2.45) is 11.5 Å². The number of carboxylic acids is 1. The third kappa shape index (κ3) is 11.4. The van der Waals surface area contributed by atoms with Crippen LogP contribution in [0.15, 0.2) is 30.3 Å². The van der Waals surface area contributed by atoms with E-state index in [4.69, 9.17) is 26.4 Å². The maximum atomic E-state index is 12.6. The van der Waals surface area contributed by atoms with E-state index in [0.717, 1.165) is 5.56 Å². The fourth-order valence-corrected chi connectivity index (χ4v) is 3.08. The van der Waals surface area contributed by atoms with Crippen molar-refractivity contribution < 1.29 is 53.1 Å². The summed E-state index contributed by atoms with van der Waals surface area (Å²) in [6.07, 6.45) is -0.722. The number of primary amides is 1. The number of amides is 4. The number of carbonyl (C=O) groups is 5. The van der Waals surface area contributed by atoms with Crippen LogP contribution < -0.4 is 27.4 Å². The van der Waals surface area contributed by atoms with Crippen LogP contribution in [0.25, 0.3) is 0 Å². The molecule has 200 valence electrons. The lowest BCUT2D eigenvalue weighted by atomic mass is 10.1. The Bertz CT molecular complexity index is 987. The van der Waals surface area contributed by atoms with Gasteiger partial charge in [-0.25, -0.2) is 9.36 Å². The summed E-state index contributed by atoms with van der Waals surface area (Å²) in [6.45, 7) is -2.09. The zero-order chi connectivity index (χ0) is 27.5. The monoisotopic (exact) mass is 533 g/mol. The first-order chi connectivity index (χ1) is 16.7. The van der Waals surface area contributed by atoms with Crippen molar-refractivity contribution in [1.82, 2.24) is 16.0 Å². The van der Waals surface area contributed by atoms with Gasteiger partial charge in [-0.2, -0.15) is 0 Å². The van der Waals surface area contributed by atoms with Crippen molar-refractivity contribution >= 4 is 37.4 Å². The van der Waals surface area contributed by atoms with Crippen molar-refractivity contribution in [3.05, 3.63) is 35.9 Å². The summed E-state index contributed by atoms with van der Waals surface area (Å²) in [5.41, 5.74) is 11.5. The SMILES string of the molecule is NC(=O)C[C@H](NC(=O)[C@H](COP(=O)(O)O)NC(=O)[C@H](CO)NC(=O)[C@@H](N)Cc1ccccc1)C(=O)O. The number of benzene rings is 1. The molecule has 4 atom stereocenters. The second-order valence-corrected chi connectivity index (χ2v) is 8.70. The van der Waals surface area contributed by atoms with Crippen LogP contribution in [0.4, 0.5) is 0 Å². The minimum absolute atomic E-state index is 0.101. The molecule has 17 heteroatoms. The number of aliphatic hydroxyl groups is 1. The number of carbonyl (C=O) groups excluding carboxylic acids is 4. The molecule has 0 radical (unpaired) electrons. The van der Waals surface area contributed by atoms with Gasteiger partial charge in [0.2, 0.25) is 23.6 Å². The number of carboxylic acid groups (broad SMARTS) is 1. The molecule has 16 nitrogen and oxygen atoms in total. The standard InChI is InChI=1S/C19H28N5O11P/c20-11(6-10-4-2-1-3-5-10)16(27)23-13(8-25)17(28)24-14(9-35-36(32,33)34)18(29)22-12(19(30)31)7-15(21)26/h1-5,11-14,25H,6-9,20H2,(H2,21,26)(H,22,29)(H,23,27)(H,24,28)(H,30,31)(H2,32,33,34)/t11-,12-,13-,14-/m0/s1. The van der Waals surface area contributed by atoms with Gasteiger partial charge in [0, 0.05) is 0 Å². The Kier molecular flexibility index (Phi) is 12.1. The van der Waals surface area contributed by atoms with E-state index in [0.29, 0.717) is 0 Å². The first kappa shape index (κ1) is 30.6. The van der Waals surface area contributed by atoms with E-state index >= 15 is 0 Å². The smallest absolute Gasteiger partial charge is 0.469 e. The molecule has 0 aliphatic carbocycles. The number of phosphoric ester groups is 1. The number of hydrogen-bond acceptors (Lipinski definition) is 9. The van der Waals surface area contributed by atoms with Crippen LogP contribution in [-0.4, -0.2) is 87.0 Å². The summed E-state index contributed by atoms with van der Waals surface area (Å²) in [5, 5.41) is 24.7. The van der Waals surface area contributed by atoms with Gasteiger partial charge < -0.3 is 47.4 Å². The van der Waals surface area contributed by atoms with Crippen LogP contribution in [0.1, 0.15) is 12.0 Å². The number of aliphatic hydroxyl groups excluding tert-OH is 1. The second kappa shape index (κ2) is 14.2. The third-order valence-electron chi connectivity index (χ3n) is 4.51. The normalized spacial score (nSPS) is 14.6. The Morgan fingerprint density at radius 1 is 0.917 bits per heavy atom. The highest BCUT2D eigenvalue weighted by Crippen LogP contribution is 2.35. The van der Waals surface area contributed by atoms with E-state index < -0.39 is 81.2 Å². The Morgan fingerprint density at radius 3 is 1.94 bits per heavy atom. The summed E-state index contributed by atoms with van der Waals surface area (Å²) in [7, 11) is -5.14. The van der Waals surface area contributed by atoms with Gasteiger partial charge in [-0.1, -0.05) is 30.3 Å². The lowest BCUT2D eigenvalue weighted by Crippen LogP contribution is -2.59. The van der Waals surface area contributed by atoms with Crippen molar-refractivity contribution in [2.45, 2.75) is 37.0 Å². The van der Waals surface area contributed by atoms with Crippen molar-refractivity contribution in [1.29, 1.82) is 0 Å². The minimum atomic E-state index is -5.14. The van der Waals surface area contributed by atoms with Crippen LogP contribution in [0, 0.1) is 0 Å². The zero-order valence-electron chi connectivity index (χ0n) is 18.8. The van der Waals surface area contributed by atoms with Crippen LogP contribution in [0.5, 0.6) is 0 Å². The predicted molar refractivity (Wildman–Crippen MR) is 120 cm³/mol. The van der Waals surface area contributed by atoms with E-state index in [1.807, 2.05) is 10.6 Å². The maximum absolute atomic E-state index is 12.6. The highest BCUT2D eigenvalue weighted by Gasteiger charge is 2.32. The third-order valence-corrected chi connectivity index (χ3v) is 5.00. The molecule has 0 heterocycles. The fraction of sp³-hybridized carbons (Fsp3) is 0.421. The number of nitrogens with two attached hydrogens (primary N) is 2. The van der Waals surface area contributed by atoms with Crippen LogP contribution in [-0.2, 0) is 39.5 Å². The second-order valence-electron chi connectivity index (χ2n) is 7.46. The molecule has 0 unspecified atom stereocenters. The molecule has 0 saturated carbocycles. The van der Waals surface area contributed by atoms with Crippen molar-refractivity contribution in [2.75, 3.05) is 13.2 Å². The van der Waals surface area contributed by atoms with Gasteiger partial charge in [0.05, 0.1) is 25.7 Å². The predicted octanol–water partition coefficient (Wildman–Crippen LogP) is -3.93. The first-order valence-electron chi connectivity index (χ1n) is 10.3. The molecule has 1 aromatic carbocycles. The molecule has 36 heavy (non-hydrogen) atoms. The van der Waals surface area contributed by atoms with E-state index in [-0.39, 0.29) is 6.42 Å². The molecule has 0 aliphatic heterocycles. The average Bonchev–Trinajstić information content (AvgIpc) is 2.78. The van der Waals surface area contributed by atoms with Crippen LogP contribution >= 0.6 is 7.82 Å². The molecule has 0 aliphatic rings. The van der Waals surface area contributed by atoms with Gasteiger partial charge in [0.15, 0.2) is 0 Å². The number of rotatable bonds is 15. The van der Waals surface area contributed by atoms with Crippen LogP contribution in [0.3, 0.4) is 0 Å². The fourth-order valence-electron chi connectivity index (χ4n) is 2.73. The van der Waals surface area contributed by atoms with Gasteiger partial charge in [0.1, 0.15) is 18.1 Å². The Hall–Kier alpha value is -3.40. The quantitative estimate of drug-likeness (QED) is 0.0977. The van der Waals surface area contributed by atoms with Crippen molar-refractivity contribution in [3.8, 4) is 0 Å². The molecule has 0 aromatic heterocycles. The largest absolute Gasteiger partial charge is 0.480 e. The van der Waals surface area contributed by atoms with E-state index in [2.05, 4.69) is 9.84 Å². The van der Waals surface area contributed by atoms with Gasteiger partial charge in [-0.05, 0) is 12.0 Å². The van der Waals surface area contributed by atoms with Gasteiger partial charge in [-0.15, -0.1) is 0 Å². The molecule has 0 fully saturated rings. The average molecular weight is 533 g/mol. The lowest BCUT2D eigenvalue weighted by molar-refractivity contribution is -0.144. The number of nitrogens with one attached hydrogen (secondary N) is 3. The number of phosphoric acid groups is 1. The van der Waals surface area contributed by atoms with Gasteiger partial charge in [0.25, 0.3) is 0 Å². The number of hydrogen-bond donors (Lipinski definition) is 9. The summed E-state index contributed by atoms with van der Waals surface area (Å²) in [4.78, 5) is 77.5. The Labute approximate surface area is 204 Å².